The van der Waals surface area contributed by atoms with Crippen LogP contribution in [0.3, 0.4) is 0 Å². The van der Waals surface area contributed by atoms with Gasteiger partial charge in [0.2, 0.25) is 5.91 Å². The van der Waals surface area contributed by atoms with Crippen LogP contribution < -0.4 is 10.6 Å². The van der Waals surface area contributed by atoms with E-state index in [4.69, 9.17) is 0 Å². The molecule has 1 saturated heterocycles. The normalized spacial score (nSPS) is 39.8. The molecule has 0 aromatic heterocycles. The summed E-state index contributed by atoms with van der Waals surface area (Å²) in [5, 5.41) is 15.5. The zero-order chi connectivity index (χ0) is 13.3. The molecule has 1 aliphatic heterocycles. The Kier molecular flexibility index (Phi) is 3.61. The molecule has 0 aromatic rings. The van der Waals surface area contributed by atoms with Crippen molar-refractivity contribution < 1.29 is 14.7 Å². The second-order valence-corrected chi connectivity index (χ2v) is 5.81. The van der Waals surface area contributed by atoms with Gasteiger partial charge in [0.05, 0.1) is 11.3 Å². The van der Waals surface area contributed by atoms with Crippen LogP contribution in [-0.4, -0.2) is 35.6 Å². The average Bonchev–Trinajstić information content (AvgIpc) is 2.87. The maximum absolute atomic E-state index is 12.2. The second kappa shape index (κ2) is 4.88. The van der Waals surface area contributed by atoms with E-state index in [-0.39, 0.29) is 23.9 Å². The minimum absolute atomic E-state index is 0.00637. The summed E-state index contributed by atoms with van der Waals surface area (Å²) < 4.78 is 0. The lowest BCUT2D eigenvalue weighted by Crippen LogP contribution is -2.49. The van der Waals surface area contributed by atoms with Gasteiger partial charge in [0, 0.05) is 12.1 Å². The maximum Gasteiger partial charge on any atom is 0.311 e. The van der Waals surface area contributed by atoms with Gasteiger partial charge in [0.15, 0.2) is 0 Å². The molecule has 2 fully saturated rings. The van der Waals surface area contributed by atoms with E-state index in [1.807, 2.05) is 6.92 Å². The molecule has 5 nitrogen and oxygen atoms in total. The van der Waals surface area contributed by atoms with Crippen molar-refractivity contribution in [3.63, 3.8) is 0 Å². The molecule has 1 saturated carbocycles. The predicted octanol–water partition coefficient (Wildman–Crippen LogP) is 0.744. The SMILES string of the molecule is CC1NCCC1C(=O)NC1CCCC1(C)C(=O)O. The molecule has 1 heterocycles. The highest BCUT2D eigenvalue weighted by Gasteiger charge is 2.46. The fourth-order valence-electron chi connectivity index (χ4n) is 3.15. The van der Waals surface area contributed by atoms with Gasteiger partial charge in [-0.25, -0.2) is 0 Å². The Morgan fingerprint density at radius 1 is 1.39 bits per heavy atom. The molecule has 1 aliphatic carbocycles. The van der Waals surface area contributed by atoms with Gasteiger partial charge in [-0.05, 0) is 39.7 Å². The number of nitrogens with one attached hydrogen (secondary N) is 2. The fraction of sp³-hybridized carbons (Fsp3) is 0.846. The zero-order valence-electron chi connectivity index (χ0n) is 11.0. The lowest BCUT2D eigenvalue weighted by Gasteiger charge is -2.29. The minimum atomic E-state index is -0.803. The van der Waals surface area contributed by atoms with E-state index < -0.39 is 11.4 Å². The first-order valence-corrected chi connectivity index (χ1v) is 6.72. The fourth-order valence-corrected chi connectivity index (χ4v) is 3.15. The van der Waals surface area contributed by atoms with Crippen LogP contribution in [0.25, 0.3) is 0 Å². The van der Waals surface area contributed by atoms with Crippen LogP contribution in [0.4, 0.5) is 0 Å². The van der Waals surface area contributed by atoms with Crippen LogP contribution in [0.15, 0.2) is 0 Å². The third-order valence-corrected chi connectivity index (χ3v) is 4.63. The molecule has 4 unspecified atom stereocenters. The molecule has 3 N–H and O–H groups in total. The first-order chi connectivity index (χ1) is 8.45. The van der Waals surface area contributed by atoms with Gasteiger partial charge in [0.1, 0.15) is 0 Å². The number of hydrogen-bond donors (Lipinski definition) is 3. The van der Waals surface area contributed by atoms with Crippen LogP contribution >= 0.6 is 0 Å². The lowest BCUT2D eigenvalue weighted by molar-refractivity contribution is -0.149. The largest absolute Gasteiger partial charge is 0.481 e. The van der Waals surface area contributed by atoms with Crippen molar-refractivity contribution in [2.24, 2.45) is 11.3 Å². The van der Waals surface area contributed by atoms with Gasteiger partial charge >= 0.3 is 5.97 Å². The van der Waals surface area contributed by atoms with E-state index in [0.29, 0.717) is 6.42 Å². The summed E-state index contributed by atoms with van der Waals surface area (Å²) in [6.45, 7) is 4.60. The maximum atomic E-state index is 12.2. The van der Waals surface area contributed by atoms with Crippen molar-refractivity contribution in [2.75, 3.05) is 6.54 Å². The van der Waals surface area contributed by atoms with E-state index in [0.717, 1.165) is 25.8 Å². The first-order valence-electron chi connectivity index (χ1n) is 6.72. The van der Waals surface area contributed by atoms with Gasteiger partial charge in [0.25, 0.3) is 0 Å². The molecule has 5 heteroatoms. The van der Waals surface area contributed by atoms with E-state index in [2.05, 4.69) is 10.6 Å². The number of aliphatic carboxylic acids is 1. The molecule has 0 bridgehead atoms. The number of rotatable bonds is 3. The Labute approximate surface area is 107 Å². The Morgan fingerprint density at radius 3 is 2.67 bits per heavy atom. The molecule has 1 amide bonds. The first kappa shape index (κ1) is 13.3. The van der Waals surface area contributed by atoms with Crippen LogP contribution in [0.5, 0.6) is 0 Å². The van der Waals surface area contributed by atoms with Gasteiger partial charge in [-0.1, -0.05) is 6.42 Å². The number of carbonyl (C=O) groups excluding carboxylic acids is 1. The van der Waals surface area contributed by atoms with E-state index >= 15 is 0 Å². The van der Waals surface area contributed by atoms with Crippen molar-refractivity contribution in [3.05, 3.63) is 0 Å². The van der Waals surface area contributed by atoms with E-state index in [1.54, 1.807) is 6.92 Å². The van der Waals surface area contributed by atoms with Crippen LogP contribution in [0.2, 0.25) is 0 Å². The zero-order valence-corrected chi connectivity index (χ0v) is 11.0. The summed E-state index contributed by atoms with van der Waals surface area (Å²) >= 11 is 0. The highest BCUT2D eigenvalue weighted by atomic mass is 16.4. The lowest BCUT2D eigenvalue weighted by atomic mass is 9.84. The predicted molar refractivity (Wildman–Crippen MR) is 67.1 cm³/mol. The summed E-state index contributed by atoms with van der Waals surface area (Å²) in [5.74, 6) is -0.821. The third-order valence-electron chi connectivity index (χ3n) is 4.63. The van der Waals surface area contributed by atoms with E-state index in [9.17, 15) is 14.7 Å². The van der Waals surface area contributed by atoms with Gasteiger partial charge in [-0.2, -0.15) is 0 Å². The van der Waals surface area contributed by atoms with Crippen molar-refractivity contribution in [3.8, 4) is 0 Å². The van der Waals surface area contributed by atoms with Crippen LogP contribution in [0.1, 0.15) is 39.5 Å². The molecule has 4 atom stereocenters. The Hall–Kier alpha value is -1.10. The molecule has 102 valence electrons. The molecule has 2 rings (SSSR count). The van der Waals surface area contributed by atoms with Gasteiger partial charge < -0.3 is 15.7 Å². The van der Waals surface area contributed by atoms with Crippen molar-refractivity contribution >= 4 is 11.9 Å². The smallest absolute Gasteiger partial charge is 0.311 e. The minimum Gasteiger partial charge on any atom is -0.481 e. The monoisotopic (exact) mass is 254 g/mol. The number of carbonyl (C=O) groups is 2. The number of amides is 1. The summed E-state index contributed by atoms with van der Waals surface area (Å²) in [5.41, 5.74) is -0.801. The third kappa shape index (κ3) is 2.23. The molecule has 2 aliphatic rings. The van der Waals surface area contributed by atoms with Crippen LogP contribution in [0, 0.1) is 11.3 Å². The Bertz CT molecular complexity index is 358. The van der Waals surface area contributed by atoms with E-state index in [1.165, 1.54) is 0 Å². The summed E-state index contributed by atoms with van der Waals surface area (Å²) in [7, 11) is 0. The molecule has 18 heavy (non-hydrogen) atoms. The highest BCUT2D eigenvalue weighted by molar-refractivity contribution is 5.82. The topological polar surface area (TPSA) is 78.4 Å². The number of carboxylic acid groups (broad SMARTS) is 1. The van der Waals surface area contributed by atoms with Crippen molar-refractivity contribution in [1.82, 2.24) is 10.6 Å². The molecule has 0 aromatic carbocycles. The summed E-state index contributed by atoms with van der Waals surface area (Å²) in [6, 6.07) is -0.0437. The standard InChI is InChI=1S/C13H22N2O3/c1-8-9(5-7-14-8)11(16)15-10-4-3-6-13(10,2)12(17)18/h8-10,14H,3-7H2,1-2H3,(H,15,16)(H,17,18). The Morgan fingerprint density at radius 2 is 2.11 bits per heavy atom. The number of carboxylic acids is 1. The van der Waals surface area contributed by atoms with Gasteiger partial charge in [-0.15, -0.1) is 0 Å². The second-order valence-electron chi connectivity index (χ2n) is 5.81. The van der Waals surface area contributed by atoms with Crippen molar-refractivity contribution in [1.29, 1.82) is 0 Å². The van der Waals surface area contributed by atoms with Gasteiger partial charge in [-0.3, -0.25) is 9.59 Å². The molecular weight excluding hydrogens is 232 g/mol. The molecule has 0 radical (unpaired) electrons. The Balaban J connectivity index is 2.00. The van der Waals surface area contributed by atoms with Crippen molar-refractivity contribution in [2.45, 2.75) is 51.6 Å². The highest BCUT2D eigenvalue weighted by Crippen LogP contribution is 2.38. The summed E-state index contributed by atoms with van der Waals surface area (Å²) in [6.07, 6.45) is 3.12. The van der Waals surface area contributed by atoms with Crippen LogP contribution in [-0.2, 0) is 9.59 Å². The number of hydrogen-bond acceptors (Lipinski definition) is 3. The molecular formula is C13H22N2O3. The summed E-state index contributed by atoms with van der Waals surface area (Å²) in [4.78, 5) is 23.5. The average molecular weight is 254 g/mol. The molecule has 0 spiro atoms. The quantitative estimate of drug-likeness (QED) is 0.694.